The Morgan fingerprint density at radius 1 is 1.33 bits per heavy atom. The van der Waals surface area contributed by atoms with Crippen LogP contribution in [0.2, 0.25) is 0 Å². The maximum absolute atomic E-state index is 12.0. The minimum atomic E-state index is 0.153. The molecule has 96 valence electrons. The summed E-state index contributed by atoms with van der Waals surface area (Å²) in [5.74, 6) is 1.79. The Labute approximate surface area is 108 Å². The van der Waals surface area contributed by atoms with Gasteiger partial charge in [-0.05, 0) is 42.7 Å². The minimum absolute atomic E-state index is 0.153. The van der Waals surface area contributed by atoms with Crippen molar-refractivity contribution in [3.8, 4) is 0 Å². The number of hydrogen-bond acceptors (Lipinski definition) is 2. The molecule has 2 aliphatic rings. The molecule has 3 nitrogen and oxygen atoms in total. The third kappa shape index (κ3) is 2.40. The molecule has 3 atom stereocenters. The molecule has 2 fully saturated rings. The Kier molecular flexibility index (Phi) is 3.31. The van der Waals surface area contributed by atoms with Crippen LogP contribution in [-0.4, -0.2) is 16.9 Å². The van der Waals surface area contributed by atoms with Crippen molar-refractivity contribution in [1.82, 2.24) is 10.3 Å². The maximum atomic E-state index is 12.0. The molecule has 1 N–H and O–H groups in total. The lowest BCUT2D eigenvalue weighted by atomic mass is 9.97. The first-order valence-electron chi connectivity index (χ1n) is 7.01. The van der Waals surface area contributed by atoms with Gasteiger partial charge in [-0.25, -0.2) is 0 Å². The molecular formula is C15H20N2O. The zero-order valence-electron chi connectivity index (χ0n) is 10.6. The van der Waals surface area contributed by atoms with E-state index in [1.165, 1.54) is 32.1 Å². The van der Waals surface area contributed by atoms with Gasteiger partial charge >= 0.3 is 0 Å². The lowest BCUT2D eigenvalue weighted by Crippen LogP contribution is -2.38. The number of fused-ring (bicyclic) bond motifs is 1. The quantitative estimate of drug-likeness (QED) is 0.886. The fourth-order valence-corrected chi connectivity index (χ4v) is 3.69. The molecule has 0 aliphatic heterocycles. The van der Waals surface area contributed by atoms with Crippen molar-refractivity contribution < 1.29 is 4.79 Å². The molecule has 2 saturated carbocycles. The average molecular weight is 244 g/mol. The highest BCUT2D eigenvalue weighted by molar-refractivity contribution is 5.78. The van der Waals surface area contributed by atoms with Crippen LogP contribution in [0, 0.1) is 11.8 Å². The van der Waals surface area contributed by atoms with Crippen molar-refractivity contribution in [2.24, 2.45) is 11.8 Å². The SMILES string of the molecule is O=C(Cc1cccnc1)N[C@H]1CC[C@@H]2CCC[C@@H]21. The van der Waals surface area contributed by atoms with E-state index in [1.807, 2.05) is 12.1 Å². The van der Waals surface area contributed by atoms with Crippen LogP contribution < -0.4 is 5.32 Å². The molecule has 0 unspecified atom stereocenters. The summed E-state index contributed by atoms with van der Waals surface area (Å²) in [6.07, 6.45) is 10.5. The van der Waals surface area contributed by atoms with Crippen LogP contribution in [0.25, 0.3) is 0 Å². The molecule has 0 saturated heterocycles. The summed E-state index contributed by atoms with van der Waals surface area (Å²) in [5.41, 5.74) is 0.996. The second kappa shape index (κ2) is 5.09. The van der Waals surface area contributed by atoms with Gasteiger partial charge in [-0.3, -0.25) is 9.78 Å². The van der Waals surface area contributed by atoms with E-state index in [1.54, 1.807) is 12.4 Å². The first kappa shape index (κ1) is 11.7. The number of carbonyl (C=O) groups excluding carboxylic acids is 1. The predicted molar refractivity (Wildman–Crippen MR) is 69.9 cm³/mol. The Morgan fingerprint density at radius 2 is 2.28 bits per heavy atom. The highest BCUT2D eigenvalue weighted by atomic mass is 16.1. The zero-order valence-corrected chi connectivity index (χ0v) is 10.6. The molecular weight excluding hydrogens is 224 g/mol. The number of pyridine rings is 1. The molecule has 18 heavy (non-hydrogen) atoms. The summed E-state index contributed by atoms with van der Waals surface area (Å²) in [7, 11) is 0. The van der Waals surface area contributed by atoms with Crippen molar-refractivity contribution >= 4 is 5.91 Å². The third-order valence-electron chi connectivity index (χ3n) is 4.52. The van der Waals surface area contributed by atoms with Crippen LogP contribution in [0.5, 0.6) is 0 Å². The highest BCUT2D eigenvalue weighted by Gasteiger charge is 2.39. The number of nitrogens with one attached hydrogen (secondary N) is 1. The number of rotatable bonds is 3. The predicted octanol–water partition coefficient (Wildman–Crippen LogP) is 2.32. The van der Waals surface area contributed by atoms with Gasteiger partial charge in [0.15, 0.2) is 0 Å². The Morgan fingerprint density at radius 3 is 3.11 bits per heavy atom. The number of hydrogen-bond donors (Lipinski definition) is 1. The van der Waals surface area contributed by atoms with Crippen LogP contribution in [0.4, 0.5) is 0 Å². The summed E-state index contributed by atoms with van der Waals surface area (Å²) in [4.78, 5) is 16.1. The smallest absolute Gasteiger partial charge is 0.224 e. The van der Waals surface area contributed by atoms with Crippen LogP contribution in [0.1, 0.15) is 37.7 Å². The van der Waals surface area contributed by atoms with Gasteiger partial charge in [0.05, 0.1) is 6.42 Å². The molecule has 0 radical (unpaired) electrons. The molecule has 0 aromatic carbocycles. The van der Waals surface area contributed by atoms with E-state index in [4.69, 9.17) is 0 Å². The maximum Gasteiger partial charge on any atom is 0.224 e. The summed E-state index contributed by atoms with van der Waals surface area (Å²) >= 11 is 0. The molecule has 3 heteroatoms. The topological polar surface area (TPSA) is 42.0 Å². The van der Waals surface area contributed by atoms with E-state index in [2.05, 4.69) is 10.3 Å². The van der Waals surface area contributed by atoms with Crippen molar-refractivity contribution in [2.75, 3.05) is 0 Å². The van der Waals surface area contributed by atoms with Gasteiger partial charge < -0.3 is 5.32 Å². The first-order chi connectivity index (χ1) is 8.83. The van der Waals surface area contributed by atoms with Gasteiger partial charge in [0.1, 0.15) is 0 Å². The van der Waals surface area contributed by atoms with Crippen molar-refractivity contribution in [1.29, 1.82) is 0 Å². The monoisotopic (exact) mass is 244 g/mol. The zero-order chi connectivity index (χ0) is 12.4. The first-order valence-corrected chi connectivity index (χ1v) is 7.01. The lowest BCUT2D eigenvalue weighted by molar-refractivity contribution is -0.121. The van der Waals surface area contributed by atoms with Gasteiger partial charge in [0, 0.05) is 18.4 Å². The van der Waals surface area contributed by atoms with Crippen molar-refractivity contribution in [3.05, 3.63) is 30.1 Å². The van der Waals surface area contributed by atoms with Crippen LogP contribution >= 0.6 is 0 Å². The van der Waals surface area contributed by atoms with Gasteiger partial charge in [0.2, 0.25) is 5.91 Å². The minimum Gasteiger partial charge on any atom is -0.353 e. The summed E-state index contributed by atoms with van der Waals surface area (Å²) in [6, 6.07) is 4.27. The lowest BCUT2D eigenvalue weighted by Gasteiger charge is -2.20. The van der Waals surface area contributed by atoms with E-state index in [0.717, 1.165) is 17.4 Å². The molecule has 0 bridgehead atoms. The van der Waals surface area contributed by atoms with Crippen molar-refractivity contribution in [2.45, 2.75) is 44.6 Å². The Bertz CT molecular complexity index is 418. The van der Waals surface area contributed by atoms with Gasteiger partial charge in [0.25, 0.3) is 0 Å². The number of aromatic nitrogens is 1. The molecule has 1 aromatic rings. The number of amides is 1. The van der Waals surface area contributed by atoms with E-state index in [0.29, 0.717) is 12.5 Å². The highest BCUT2D eigenvalue weighted by Crippen LogP contribution is 2.43. The third-order valence-corrected chi connectivity index (χ3v) is 4.52. The second-order valence-electron chi connectivity index (χ2n) is 5.64. The Balaban J connectivity index is 1.55. The summed E-state index contributed by atoms with van der Waals surface area (Å²) in [6.45, 7) is 0. The molecule has 0 spiro atoms. The summed E-state index contributed by atoms with van der Waals surface area (Å²) in [5, 5.41) is 3.23. The normalized spacial score (nSPS) is 30.1. The molecule has 1 amide bonds. The fraction of sp³-hybridized carbons (Fsp3) is 0.600. The van der Waals surface area contributed by atoms with Gasteiger partial charge in [-0.1, -0.05) is 18.9 Å². The number of nitrogens with zero attached hydrogens (tertiary/aromatic N) is 1. The van der Waals surface area contributed by atoms with Crippen LogP contribution in [0.15, 0.2) is 24.5 Å². The largest absolute Gasteiger partial charge is 0.353 e. The van der Waals surface area contributed by atoms with E-state index in [-0.39, 0.29) is 5.91 Å². The Hall–Kier alpha value is -1.38. The molecule has 1 aromatic heterocycles. The summed E-state index contributed by atoms with van der Waals surface area (Å²) < 4.78 is 0. The molecule has 1 heterocycles. The van der Waals surface area contributed by atoms with E-state index in [9.17, 15) is 4.79 Å². The second-order valence-corrected chi connectivity index (χ2v) is 5.64. The molecule has 2 aliphatic carbocycles. The van der Waals surface area contributed by atoms with Crippen LogP contribution in [-0.2, 0) is 11.2 Å². The van der Waals surface area contributed by atoms with E-state index >= 15 is 0 Å². The van der Waals surface area contributed by atoms with Crippen molar-refractivity contribution in [3.63, 3.8) is 0 Å². The molecule has 3 rings (SSSR count). The van der Waals surface area contributed by atoms with Gasteiger partial charge in [-0.15, -0.1) is 0 Å². The number of carbonyl (C=O) groups is 1. The standard InChI is InChI=1S/C15H20N2O/c18-15(9-11-3-2-8-16-10-11)17-14-7-6-12-4-1-5-13(12)14/h2-3,8,10,12-14H,1,4-7,9H2,(H,17,18)/t12-,13-,14-/m0/s1. The van der Waals surface area contributed by atoms with Gasteiger partial charge in [-0.2, -0.15) is 0 Å². The fourth-order valence-electron chi connectivity index (χ4n) is 3.69. The van der Waals surface area contributed by atoms with E-state index < -0.39 is 0 Å². The average Bonchev–Trinajstić information content (AvgIpc) is 2.95. The van der Waals surface area contributed by atoms with Crippen LogP contribution in [0.3, 0.4) is 0 Å².